The molecule has 1 aliphatic rings. The Morgan fingerprint density at radius 3 is 2.57 bits per heavy atom. The maximum absolute atomic E-state index is 12.5. The third kappa shape index (κ3) is 2.83. The van der Waals surface area contributed by atoms with E-state index in [9.17, 15) is 4.79 Å². The van der Waals surface area contributed by atoms with Crippen LogP contribution in [0.2, 0.25) is 0 Å². The molecule has 5 nitrogen and oxygen atoms in total. The summed E-state index contributed by atoms with van der Waals surface area (Å²) in [5.74, 6) is 6.01. The fraction of sp³-hybridized carbons (Fsp3) is 0.375. The van der Waals surface area contributed by atoms with Gasteiger partial charge in [-0.1, -0.05) is 43.5 Å². The summed E-state index contributed by atoms with van der Waals surface area (Å²) in [6.45, 7) is 0. The number of benzene rings is 1. The van der Waals surface area contributed by atoms with Crippen molar-refractivity contribution < 1.29 is 4.79 Å². The number of amides is 1. The molecule has 110 valence electrons. The quantitative estimate of drug-likeness (QED) is 0.598. The van der Waals surface area contributed by atoms with Crippen molar-refractivity contribution in [3.8, 4) is 0 Å². The van der Waals surface area contributed by atoms with Crippen molar-refractivity contribution in [3.05, 3.63) is 36.0 Å². The fourth-order valence-electron chi connectivity index (χ4n) is 3.00. The number of anilines is 1. The first-order valence-corrected chi connectivity index (χ1v) is 7.45. The standard InChI is InChI=1S/C16H20N4O/c17-20-15-13-9-5-4-8-12(13)14(10-18-15)16(21)19-11-6-2-1-3-7-11/h4-5,8-11H,1-3,6-7,17H2,(H,18,20)(H,19,21). The van der Waals surface area contributed by atoms with Crippen molar-refractivity contribution >= 4 is 22.5 Å². The van der Waals surface area contributed by atoms with Crippen LogP contribution in [0.1, 0.15) is 42.5 Å². The van der Waals surface area contributed by atoms with Crippen LogP contribution in [0.3, 0.4) is 0 Å². The maximum atomic E-state index is 12.5. The average Bonchev–Trinajstić information content (AvgIpc) is 2.54. The minimum Gasteiger partial charge on any atom is -0.349 e. The highest BCUT2D eigenvalue weighted by atomic mass is 16.1. The number of fused-ring (bicyclic) bond motifs is 1. The monoisotopic (exact) mass is 284 g/mol. The Morgan fingerprint density at radius 1 is 1.14 bits per heavy atom. The summed E-state index contributed by atoms with van der Waals surface area (Å²) in [7, 11) is 0. The number of nitrogens with two attached hydrogens (primary N) is 1. The van der Waals surface area contributed by atoms with Crippen LogP contribution < -0.4 is 16.6 Å². The second-order valence-electron chi connectivity index (χ2n) is 5.52. The highest BCUT2D eigenvalue weighted by Crippen LogP contribution is 2.24. The van der Waals surface area contributed by atoms with Gasteiger partial charge in [0.05, 0.1) is 5.56 Å². The van der Waals surface area contributed by atoms with Crippen LogP contribution in [0, 0.1) is 0 Å². The number of nitrogen functional groups attached to an aromatic ring is 1. The van der Waals surface area contributed by atoms with Gasteiger partial charge in [-0.25, -0.2) is 10.8 Å². The molecule has 0 spiro atoms. The highest BCUT2D eigenvalue weighted by Gasteiger charge is 2.19. The molecule has 1 amide bonds. The summed E-state index contributed by atoms with van der Waals surface area (Å²) in [5, 5.41) is 4.86. The predicted molar refractivity (Wildman–Crippen MR) is 83.9 cm³/mol. The molecular formula is C16H20N4O. The Labute approximate surface area is 123 Å². The molecule has 3 rings (SSSR count). The highest BCUT2D eigenvalue weighted by molar-refractivity contribution is 6.09. The predicted octanol–water partition coefficient (Wildman–Crippen LogP) is 2.58. The van der Waals surface area contributed by atoms with E-state index in [4.69, 9.17) is 5.84 Å². The van der Waals surface area contributed by atoms with Gasteiger partial charge in [0.15, 0.2) is 0 Å². The first kappa shape index (κ1) is 13.8. The van der Waals surface area contributed by atoms with Crippen molar-refractivity contribution in [2.75, 3.05) is 5.43 Å². The van der Waals surface area contributed by atoms with Crippen LogP contribution in [0.4, 0.5) is 5.82 Å². The van der Waals surface area contributed by atoms with Gasteiger partial charge in [-0.05, 0) is 18.2 Å². The number of carbonyl (C=O) groups is 1. The van der Waals surface area contributed by atoms with Gasteiger partial charge in [-0.15, -0.1) is 0 Å². The van der Waals surface area contributed by atoms with Gasteiger partial charge in [-0.3, -0.25) is 4.79 Å². The van der Waals surface area contributed by atoms with Crippen LogP contribution in [-0.4, -0.2) is 16.9 Å². The molecule has 4 N–H and O–H groups in total. The minimum absolute atomic E-state index is 0.0471. The largest absolute Gasteiger partial charge is 0.349 e. The zero-order valence-corrected chi connectivity index (χ0v) is 11.9. The molecule has 0 atom stereocenters. The molecule has 2 aromatic rings. The number of nitrogens with zero attached hydrogens (tertiary/aromatic N) is 1. The van der Waals surface area contributed by atoms with Gasteiger partial charge in [0, 0.05) is 17.6 Å². The van der Waals surface area contributed by atoms with E-state index in [1.165, 1.54) is 19.3 Å². The summed E-state index contributed by atoms with van der Waals surface area (Å²) < 4.78 is 0. The average molecular weight is 284 g/mol. The minimum atomic E-state index is -0.0471. The van der Waals surface area contributed by atoms with E-state index in [1.807, 2.05) is 24.3 Å². The van der Waals surface area contributed by atoms with Crippen molar-refractivity contribution in [2.45, 2.75) is 38.1 Å². The lowest BCUT2D eigenvalue weighted by Crippen LogP contribution is -2.36. The molecule has 1 aromatic heterocycles. The van der Waals surface area contributed by atoms with Crippen LogP contribution in [0.5, 0.6) is 0 Å². The molecule has 1 aliphatic carbocycles. The van der Waals surface area contributed by atoms with Crippen molar-refractivity contribution in [3.63, 3.8) is 0 Å². The number of pyridine rings is 1. The lowest BCUT2D eigenvalue weighted by molar-refractivity contribution is 0.0929. The first-order chi connectivity index (χ1) is 10.3. The normalized spacial score (nSPS) is 15.9. The van der Waals surface area contributed by atoms with E-state index in [1.54, 1.807) is 6.20 Å². The molecule has 1 fully saturated rings. The second kappa shape index (κ2) is 6.10. The van der Waals surface area contributed by atoms with E-state index in [0.717, 1.165) is 23.6 Å². The van der Waals surface area contributed by atoms with E-state index in [0.29, 0.717) is 11.4 Å². The smallest absolute Gasteiger partial charge is 0.253 e. The van der Waals surface area contributed by atoms with Crippen molar-refractivity contribution in [1.29, 1.82) is 0 Å². The van der Waals surface area contributed by atoms with Gasteiger partial charge < -0.3 is 10.7 Å². The summed E-state index contributed by atoms with van der Waals surface area (Å²) in [6, 6.07) is 7.95. The number of hydrazine groups is 1. The maximum Gasteiger partial charge on any atom is 0.253 e. The van der Waals surface area contributed by atoms with Gasteiger partial charge >= 0.3 is 0 Å². The van der Waals surface area contributed by atoms with Crippen LogP contribution in [-0.2, 0) is 0 Å². The Balaban J connectivity index is 1.91. The lowest BCUT2D eigenvalue weighted by atomic mass is 9.95. The molecule has 1 saturated carbocycles. The Kier molecular flexibility index (Phi) is 4.01. The molecule has 0 bridgehead atoms. The Morgan fingerprint density at radius 2 is 1.86 bits per heavy atom. The van der Waals surface area contributed by atoms with E-state index in [2.05, 4.69) is 15.7 Å². The topological polar surface area (TPSA) is 80.0 Å². The molecule has 0 unspecified atom stereocenters. The Bertz CT molecular complexity index is 650. The zero-order valence-electron chi connectivity index (χ0n) is 11.9. The molecule has 5 heteroatoms. The zero-order chi connectivity index (χ0) is 14.7. The van der Waals surface area contributed by atoms with Crippen molar-refractivity contribution in [1.82, 2.24) is 10.3 Å². The number of hydrogen-bond acceptors (Lipinski definition) is 4. The summed E-state index contributed by atoms with van der Waals surface area (Å²) in [4.78, 5) is 16.8. The first-order valence-electron chi connectivity index (χ1n) is 7.45. The molecule has 21 heavy (non-hydrogen) atoms. The number of hydrogen-bond donors (Lipinski definition) is 3. The number of aromatic nitrogens is 1. The third-order valence-electron chi connectivity index (χ3n) is 4.12. The second-order valence-corrected chi connectivity index (χ2v) is 5.52. The van der Waals surface area contributed by atoms with E-state index in [-0.39, 0.29) is 11.9 Å². The number of nitrogens with one attached hydrogen (secondary N) is 2. The van der Waals surface area contributed by atoms with E-state index < -0.39 is 0 Å². The van der Waals surface area contributed by atoms with Gasteiger partial charge in [0.25, 0.3) is 5.91 Å². The van der Waals surface area contributed by atoms with Crippen LogP contribution in [0.15, 0.2) is 30.5 Å². The van der Waals surface area contributed by atoms with Crippen LogP contribution >= 0.6 is 0 Å². The SMILES string of the molecule is NNc1ncc(C(=O)NC2CCCCC2)c2ccccc12. The molecule has 0 saturated heterocycles. The Hall–Kier alpha value is -2.14. The summed E-state index contributed by atoms with van der Waals surface area (Å²) >= 11 is 0. The van der Waals surface area contributed by atoms with E-state index >= 15 is 0 Å². The molecule has 1 aromatic carbocycles. The fourth-order valence-corrected chi connectivity index (χ4v) is 3.00. The molecule has 0 aliphatic heterocycles. The number of rotatable bonds is 3. The lowest BCUT2D eigenvalue weighted by Gasteiger charge is -2.23. The van der Waals surface area contributed by atoms with Gasteiger partial charge in [0.1, 0.15) is 5.82 Å². The van der Waals surface area contributed by atoms with Crippen LogP contribution in [0.25, 0.3) is 10.8 Å². The van der Waals surface area contributed by atoms with Gasteiger partial charge in [-0.2, -0.15) is 0 Å². The summed E-state index contributed by atoms with van der Waals surface area (Å²) in [5.41, 5.74) is 3.18. The third-order valence-corrected chi connectivity index (χ3v) is 4.12. The molecule has 1 heterocycles. The molecular weight excluding hydrogens is 264 g/mol. The molecule has 0 radical (unpaired) electrons. The number of carbonyl (C=O) groups excluding carboxylic acids is 1. The van der Waals surface area contributed by atoms with Crippen molar-refractivity contribution in [2.24, 2.45) is 5.84 Å². The van der Waals surface area contributed by atoms with Gasteiger partial charge in [0.2, 0.25) is 0 Å². The summed E-state index contributed by atoms with van der Waals surface area (Å²) in [6.07, 6.45) is 7.39.